The Kier molecular flexibility index (Phi) is 31.5. The van der Waals surface area contributed by atoms with Gasteiger partial charge in [0.25, 0.3) is 5.97 Å². The predicted molar refractivity (Wildman–Crippen MR) is 49.5 cm³/mol. The topological polar surface area (TPSA) is 98.0 Å². The first kappa shape index (κ1) is 18.2. The maximum absolute atomic E-state index is 9.00. The Hall–Kier alpha value is -0.650. The van der Waals surface area contributed by atoms with E-state index in [-0.39, 0.29) is 13.2 Å². The molecule has 0 spiro atoms. The molecular weight excluding hydrogens is 176 g/mol. The molecule has 0 saturated carbocycles. The molecule has 0 aliphatic rings. The van der Waals surface area contributed by atoms with Crippen molar-refractivity contribution < 1.29 is 25.2 Å². The fourth-order valence-electron chi connectivity index (χ4n) is 0.158. The molecule has 0 aliphatic heterocycles. The van der Waals surface area contributed by atoms with Gasteiger partial charge in [-0.1, -0.05) is 13.3 Å². The number of unbranched alkanes of at least 4 members (excludes halogenated alkanes) is 1. The Labute approximate surface area is 78.6 Å². The Morgan fingerprint density at radius 1 is 1.08 bits per heavy atom. The van der Waals surface area contributed by atoms with Crippen molar-refractivity contribution in [1.82, 2.24) is 0 Å². The average molecular weight is 196 g/mol. The summed E-state index contributed by atoms with van der Waals surface area (Å²) >= 11 is 0. The van der Waals surface area contributed by atoms with Gasteiger partial charge in [-0.25, -0.2) is 0 Å². The SMILES string of the molecule is CC(=O)O.CCCCO.OCCO. The highest BCUT2D eigenvalue weighted by molar-refractivity contribution is 5.62. The molecule has 0 bridgehead atoms. The highest BCUT2D eigenvalue weighted by Gasteiger charge is 1.69. The number of hydrogen-bond acceptors (Lipinski definition) is 4. The van der Waals surface area contributed by atoms with E-state index < -0.39 is 5.97 Å². The summed E-state index contributed by atoms with van der Waals surface area (Å²) in [7, 11) is 0. The molecule has 0 heterocycles. The van der Waals surface area contributed by atoms with Crippen LogP contribution in [0.15, 0.2) is 0 Å². The minimum atomic E-state index is -0.833. The van der Waals surface area contributed by atoms with Gasteiger partial charge in [-0.3, -0.25) is 4.79 Å². The van der Waals surface area contributed by atoms with E-state index in [1.54, 1.807) is 0 Å². The van der Waals surface area contributed by atoms with E-state index in [9.17, 15) is 0 Å². The highest BCUT2D eigenvalue weighted by atomic mass is 16.4. The van der Waals surface area contributed by atoms with Crippen molar-refractivity contribution in [3.8, 4) is 0 Å². The molecule has 0 amide bonds. The molecule has 0 radical (unpaired) electrons. The monoisotopic (exact) mass is 196 g/mol. The van der Waals surface area contributed by atoms with Crippen LogP contribution in [0.25, 0.3) is 0 Å². The van der Waals surface area contributed by atoms with Gasteiger partial charge in [0.05, 0.1) is 13.2 Å². The van der Waals surface area contributed by atoms with Crippen molar-refractivity contribution in [2.75, 3.05) is 19.8 Å². The predicted octanol–water partition coefficient (Wildman–Crippen LogP) is -0.159. The molecule has 0 aromatic heterocycles. The van der Waals surface area contributed by atoms with Gasteiger partial charge >= 0.3 is 0 Å². The van der Waals surface area contributed by atoms with Crippen LogP contribution in [0, 0.1) is 0 Å². The quantitative estimate of drug-likeness (QED) is 0.503. The summed E-state index contributed by atoms with van der Waals surface area (Å²) in [5, 5.41) is 30.7. The first-order valence-electron chi connectivity index (χ1n) is 4.08. The minimum Gasteiger partial charge on any atom is -0.481 e. The Morgan fingerprint density at radius 2 is 1.38 bits per heavy atom. The number of aliphatic carboxylic acids is 1. The second-order valence-electron chi connectivity index (χ2n) is 2.04. The number of carboxylic acids is 1. The molecule has 0 aromatic carbocycles. The molecule has 0 atom stereocenters. The van der Waals surface area contributed by atoms with Gasteiger partial charge in [0.15, 0.2) is 0 Å². The first-order chi connectivity index (χ1) is 6.06. The minimum absolute atomic E-state index is 0.125. The molecule has 0 aromatic rings. The van der Waals surface area contributed by atoms with Crippen molar-refractivity contribution in [3.63, 3.8) is 0 Å². The molecule has 0 fully saturated rings. The van der Waals surface area contributed by atoms with E-state index in [0.29, 0.717) is 6.61 Å². The molecule has 5 nitrogen and oxygen atoms in total. The third-order valence-electron chi connectivity index (χ3n) is 0.612. The standard InChI is InChI=1S/C4H10O.C2H4O2.C2H6O2/c1-2-3-4-5;1-2(3)4;3-1-2-4/h5H,2-4H2,1H3;1H3,(H,3,4);3-4H,1-2H2. The average Bonchev–Trinajstić information content (AvgIpc) is 2.05. The summed E-state index contributed by atoms with van der Waals surface area (Å²) in [5.41, 5.74) is 0. The lowest BCUT2D eigenvalue weighted by Crippen LogP contribution is -1.85. The number of carboxylic acid groups (broad SMARTS) is 1. The molecule has 13 heavy (non-hydrogen) atoms. The highest BCUT2D eigenvalue weighted by Crippen LogP contribution is 1.78. The number of aliphatic hydroxyl groups excluding tert-OH is 3. The van der Waals surface area contributed by atoms with Crippen LogP contribution in [0.3, 0.4) is 0 Å². The first-order valence-corrected chi connectivity index (χ1v) is 4.08. The normalized spacial score (nSPS) is 7.46. The zero-order valence-corrected chi connectivity index (χ0v) is 8.23. The van der Waals surface area contributed by atoms with E-state index in [1.807, 2.05) is 0 Å². The van der Waals surface area contributed by atoms with Crippen LogP contribution in [-0.4, -0.2) is 46.2 Å². The molecule has 5 heteroatoms. The van der Waals surface area contributed by atoms with Crippen molar-refractivity contribution >= 4 is 5.97 Å². The van der Waals surface area contributed by atoms with E-state index in [0.717, 1.165) is 19.8 Å². The van der Waals surface area contributed by atoms with Crippen LogP contribution in [0.2, 0.25) is 0 Å². The van der Waals surface area contributed by atoms with E-state index in [4.69, 9.17) is 25.2 Å². The third kappa shape index (κ3) is 180. The van der Waals surface area contributed by atoms with Crippen LogP contribution in [0.5, 0.6) is 0 Å². The lowest BCUT2D eigenvalue weighted by Gasteiger charge is -1.79. The summed E-state index contributed by atoms with van der Waals surface area (Å²) in [4.78, 5) is 9.00. The van der Waals surface area contributed by atoms with Gasteiger partial charge in [0.2, 0.25) is 0 Å². The molecule has 0 saturated heterocycles. The van der Waals surface area contributed by atoms with Gasteiger partial charge in [0, 0.05) is 13.5 Å². The summed E-state index contributed by atoms with van der Waals surface area (Å²) in [5.74, 6) is -0.833. The lowest BCUT2D eigenvalue weighted by molar-refractivity contribution is -0.134. The molecule has 0 unspecified atom stereocenters. The van der Waals surface area contributed by atoms with E-state index >= 15 is 0 Å². The van der Waals surface area contributed by atoms with Crippen LogP contribution < -0.4 is 0 Å². The van der Waals surface area contributed by atoms with Crippen molar-refractivity contribution in [1.29, 1.82) is 0 Å². The van der Waals surface area contributed by atoms with E-state index in [2.05, 4.69) is 6.92 Å². The number of rotatable bonds is 3. The number of aliphatic hydroxyl groups is 3. The molecule has 82 valence electrons. The third-order valence-corrected chi connectivity index (χ3v) is 0.612. The fourth-order valence-corrected chi connectivity index (χ4v) is 0.158. The maximum atomic E-state index is 9.00. The summed E-state index contributed by atoms with van der Waals surface area (Å²) < 4.78 is 0. The van der Waals surface area contributed by atoms with Gasteiger partial charge in [0.1, 0.15) is 0 Å². The van der Waals surface area contributed by atoms with Crippen LogP contribution >= 0.6 is 0 Å². The van der Waals surface area contributed by atoms with Crippen LogP contribution in [-0.2, 0) is 4.79 Å². The van der Waals surface area contributed by atoms with Crippen LogP contribution in [0.1, 0.15) is 26.7 Å². The van der Waals surface area contributed by atoms with Crippen molar-refractivity contribution in [2.24, 2.45) is 0 Å². The molecule has 0 rings (SSSR count). The summed E-state index contributed by atoms with van der Waals surface area (Å²) in [6.45, 7) is 3.23. The van der Waals surface area contributed by atoms with E-state index in [1.165, 1.54) is 0 Å². The largest absolute Gasteiger partial charge is 0.481 e. The Bertz CT molecular complexity index is 76.6. The summed E-state index contributed by atoms with van der Waals surface area (Å²) in [6.07, 6.45) is 2.04. The molecule has 0 aliphatic carbocycles. The van der Waals surface area contributed by atoms with Gasteiger partial charge in [-0.15, -0.1) is 0 Å². The Balaban J connectivity index is -0.000000117. The van der Waals surface area contributed by atoms with Crippen molar-refractivity contribution in [3.05, 3.63) is 0 Å². The molecular formula is C8H20O5. The van der Waals surface area contributed by atoms with Gasteiger partial charge < -0.3 is 20.4 Å². The van der Waals surface area contributed by atoms with Crippen molar-refractivity contribution in [2.45, 2.75) is 26.7 Å². The number of carbonyl (C=O) groups is 1. The second-order valence-corrected chi connectivity index (χ2v) is 2.04. The zero-order chi connectivity index (χ0) is 11.1. The smallest absolute Gasteiger partial charge is 0.300 e. The van der Waals surface area contributed by atoms with Gasteiger partial charge in [-0.2, -0.15) is 0 Å². The maximum Gasteiger partial charge on any atom is 0.300 e. The lowest BCUT2D eigenvalue weighted by atomic mass is 10.4. The molecule has 4 N–H and O–H groups in total. The fraction of sp³-hybridized carbons (Fsp3) is 0.875. The second kappa shape index (κ2) is 22.5. The van der Waals surface area contributed by atoms with Crippen LogP contribution in [0.4, 0.5) is 0 Å². The zero-order valence-electron chi connectivity index (χ0n) is 8.23. The Morgan fingerprint density at radius 3 is 1.38 bits per heavy atom. The summed E-state index contributed by atoms with van der Waals surface area (Å²) in [6, 6.07) is 0. The van der Waals surface area contributed by atoms with Gasteiger partial charge in [-0.05, 0) is 6.42 Å². The number of hydrogen-bond donors (Lipinski definition) is 4.